The van der Waals surface area contributed by atoms with E-state index in [1.807, 2.05) is 24.3 Å². The van der Waals surface area contributed by atoms with E-state index in [4.69, 9.17) is 4.42 Å². The van der Waals surface area contributed by atoms with E-state index in [1.54, 1.807) is 12.1 Å². The molecule has 1 heterocycles. The lowest BCUT2D eigenvalue weighted by atomic mass is 10.1. The first-order valence-corrected chi connectivity index (χ1v) is 7.23. The van der Waals surface area contributed by atoms with Crippen molar-refractivity contribution < 1.29 is 9.34 Å². The fourth-order valence-electron chi connectivity index (χ4n) is 1.98. The average molecular weight is 360 g/mol. The molecule has 6 nitrogen and oxygen atoms in total. The Morgan fingerprint density at radius 2 is 1.82 bits per heavy atom. The molecular formula is C15H10BrN3O3. The maximum absolute atomic E-state index is 10.6. The Morgan fingerprint density at radius 3 is 2.50 bits per heavy atom. The Bertz CT molecular complexity index is 815. The zero-order valence-corrected chi connectivity index (χ0v) is 12.9. The number of non-ortho nitro benzene ring substituents is 1. The standard InChI is InChI=1S/C15H10BrN3O3/c16-13-4-2-1-3-12(13)15-18-17-14(22-15)9-10-5-7-11(8-6-10)19(20)21/h1-8H,9H2. The number of aromatic nitrogens is 2. The summed E-state index contributed by atoms with van der Waals surface area (Å²) in [5.74, 6) is 0.893. The van der Waals surface area contributed by atoms with Gasteiger partial charge in [0.1, 0.15) is 0 Å². The van der Waals surface area contributed by atoms with Crippen molar-refractivity contribution in [1.29, 1.82) is 0 Å². The fourth-order valence-corrected chi connectivity index (χ4v) is 2.43. The SMILES string of the molecule is O=[N+]([O-])c1ccc(Cc2nnc(-c3ccccc3Br)o2)cc1. The summed E-state index contributed by atoms with van der Waals surface area (Å²) in [5.41, 5.74) is 1.75. The van der Waals surface area contributed by atoms with Gasteiger partial charge in [-0.1, -0.05) is 24.3 Å². The molecule has 0 saturated carbocycles. The van der Waals surface area contributed by atoms with E-state index in [0.29, 0.717) is 18.2 Å². The molecule has 3 aromatic rings. The van der Waals surface area contributed by atoms with Gasteiger partial charge in [0.2, 0.25) is 11.8 Å². The van der Waals surface area contributed by atoms with Gasteiger partial charge in [0.25, 0.3) is 5.69 Å². The van der Waals surface area contributed by atoms with Crippen LogP contribution in [0, 0.1) is 10.1 Å². The van der Waals surface area contributed by atoms with E-state index in [9.17, 15) is 10.1 Å². The second kappa shape index (κ2) is 6.07. The van der Waals surface area contributed by atoms with Crippen molar-refractivity contribution in [2.45, 2.75) is 6.42 Å². The molecule has 22 heavy (non-hydrogen) atoms. The molecule has 0 bridgehead atoms. The maximum Gasteiger partial charge on any atom is 0.269 e. The van der Waals surface area contributed by atoms with Crippen LogP contribution < -0.4 is 0 Å². The number of rotatable bonds is 4. The number of nitro groups is 1. The van der Waals surface area contributed by atoms with Crippen LogP contribution in [0.2, 0.25) is 0 Å². The first-order valence-electron chi connectivity index (χ1n) is 6.44. The zero-order chi connectivity index (χ0) is 15.5. The van der Waals surface area contributed by atoms with Gasteiger partial charge in [0, 0.05) is 16.6 Å². The molecule has 0 atom stereocenters. The van der Waals surface area contributed by atoms with Gasteiger partial charge in [0.05, 0.1) is 16.9 Å². The Labute approximate surface area is 134 Å². The van der Waals surface area contributed by atoms with Gasteiger partial charge in [-0.15, -0.1) is 10.2 Å². The highest BCUT2D eigenvalue weighted by atomic mass is 79.9. The number of nitrogens with zero attached hydrogens (tertiary/aromatic N) is 3. The second-order valence-electron chi connectivity index (χ2n) is 4.58. The molecular weight excluding hydrogens is 350 g/mol. The summed E-state index contributed by atoms with van der Waals surface area (Å²) in [4.78, 5) is 10.2. The molecule has 2 aromatic carbocycles. The predicted octanol–water partition coefficient (Wildman–Crippen LogP) is 4.00. The van der Waals surface area contributed by atoms with Crippen LogP contribution in [0.4, 0.5) is 5.69 Å². The smallest absolute Gasteiger partial charge is 0.269 e. The van der Waals surface area contributed by atoms with Crippen LogP contribution in [0.25, 0.3) is 11.5 Å². The minimum atomic E-state index is -0.429. The van der Waals surface area contributed by atoms with Crippen molar-refractivity contribution >= 4 is 21.6 Å². The third kappa shape index (κ3) is 3.04. The molecule has 0 aliphatic rings. The first kappa shape index (κ1) is 14.4. The Hall–Kier alpha value is -2.54. The fraction of sp³-hybridized carbons (Fsp3) is 0.0667. The minimum absolute atomic E-state index is 0.0585. The lowest BCUT2D eigenvalue weighted by Gasteiger charge is -1.98. The first-order chi connectivity index (χ1) is 10.6. The molecule has 0 aliphatic heterocycles. The van der Waals surface area contributed by atoms with Crippen molar-refractivity contribution in [3.05, 3.63) is 74.6 Å². The van der Waals surface area contributed by atoms with Gasteiger partial charge in [-0.2, -0.15) is 0 Å². The van der Waals surface area contributed by atoms with Gasteiger partial charge in [-0.3, -0.25) is 10.1 Å². The number of halogens is 1. The van der Waals surface area contributed by atoms with Crippen molar-refractivity contribution in [3.8, 4) is 11.5 Å². The summed E-state index contributed by atoms with van der Waals surface area (Å²) in [6.45, 7) is 0. The van der Waals surface area contributed by atoms with Gasteiger partial charge in [0.15, 0.2) is 0 Å². The monoisotopic (exact) mass is 359 g/mol. The summed E-state index contributed by atoms with van der Waals surface area (Å²) in [6.07, 6.45) is 0.426. The lowest BCUT2D eigenvalue weighted by molar-refractivity contribution is -0.384. The van der Waals surface area contributed by atoms with E-state index in [1.165, 1.54) is 12.1 Å². The lowest BCUT2D eigenvalue weighted by Crippen LogP contribution is -1.91. The van der Waals surface area contributed by atoms with Gasteiger partial charge < -0.3 is 4.42 Å². The third-order valence-electron chi connectivity index (χ3n) is 3.07. The van der Waals surface area contributed by atoms with E-state index in [0.717, 1.165) is 15.6 Å². The average Bonchev–Trinajstić information content (AvgIpc) is 2.96. The molecule has 0 unspecified atom stereocenters. The molecule has 0 amide bonds. The Balaban J connectivity index is 1.80. The highest BCUT2D eigenvalue weighted by molar-refractivity contribution is 9.10. The molecule has 7 heteroatoms. The summed E-state index contributed by atoms with van der Waals surface area (Å²) < 4.78 is 6.52. The second-order valence-corrected chi connectivity index (χ2v) is 5.44. The van der Waals surface area contributed by atoms with E-state index in [2.05, 4.69) is 26.1 Å². The summed E-state index contributed by atoms with van der Waals surface area (Å²) >= 11 is 3.44. The van der Waals surface area contributed by atoms with Gasteiger partial charge >= 0.3 is 0 Å². The van der Waals surface area contributed by atoms with Crippen LogP contribution in [0.15, 0.2) is 57.4 Å². The van der Waals surface area contributed by atoms with Crippen LogP contribution >= 0.6 is 15.9 Å². The number of hydrogen-bond acceptors (Lipinski definition) is 5. The molecule has 0 fully saturated rings. The Morgan fingerprint density at radius 1 is 1.09 bits per heavy atom. The van der Waals surface area contributed by atoms with Crippen molar-refractivity contribution in [2.75, 3.05) is 0 Å². The topological polar surface area (TPSA) is 82.1 Å². The molecule has 0 N–H and O–H groups in total. The van der Waals surface area contributed by atoms with Crippen LogP contribution in [-0.4, -0.2) is 15.1 Å². The molecule has 3 rings (SSSR count). The Kier molecular flexibility index (Phi) is 3.97. The predicted molar refractivity (Wildman–Crippen MR) is 83.3 cm³/mol. The summed E-state index contributed by atoms with van der Waals surface area (Å²) in [6, 6.07) is 13.9. The quantitative estimate of drug-likeness (QED) is 0.519. The zero-order valence-electron chi connectivity index (χ0n) is 11.3. The molecule has 0 radical (unpaired) electrons. The molecule has 110 valence electrons. The third-order valence-corrected chi connectivity index (χ3v) is 3.77. The van der Waals surface area contributed by atoms with Gasteiger partial charge in [-0.05, 0) is 33.6 Å². The van der Waals surface area contributed by atoms with E-state index >= 15 is 0 Å². The summed E-state index contributed by atoms with van der Waals surface area (Å²) in [7, 11) is 0. The summed E-state index contributed by atoms with van der Waals surface area (Å²) in [5, 5.41) is 18.7. The molecule has 0 saturated heterocycles. The maximum atomic E-state index is 10.6. The molecule has 0 aliphatic carbocycles. The van der Waals surface area contributed by atoms with Crippen LogP contribution in [-0.2, 0) is 6.42 Å². The van der Waals surface area contributed by atoms with Crippen LogP contribution in [0.1, 0.15) is 11.5 Å². The van der Waals surface area contributed by atoms with Crippen LogP contribution in [0.5, 0.6) is 0 Å². The normalized spacial score (nSPS) is 10.6. The molecule has 1 aromatic heterocycles. The van der Waals surface area contributed by atoms with Crippen molar-refractivity contribution in [3.63, 3.8) is 0 Å². The highest BCUT2D eigenvalue weighted by Crippen LogP contribution is 2.27. The number of hydrogen-bond donors (Lipinski definition) is 0. The van der Waals surface area contributed by atoms with Crippen molar-refractivity contribution in [2.24, 2.45) is 0 Å². The van der Waals surface area contributed by atoms with Crippen molar-refractivity contribution in [1.82, 2.24) is 10.2 Å². The van der Waals surface area contributed by atoms with E-state index in [-0.39, 0.29) is 5.69 Å². The number of benzene rings is 2. The largest absolute Gasteiger partial charge is 0.420 e. The van der Waals surface area contributed by atoms with Gasteiger partial charge in [-0.25, -0.2) is 0 Å². The molecule has 0 spiro atoms. The van der Waals surface area contributed by atoms with E-state index < -0.39 is 4.92 Å². The van der Waals surface area contributed by atoms with Crippen LogP contribution in [0.3, 0.4) is 0 Å². The minimum Gasteiger partial charge on any atom is -0.420 e. The highest BCUT2D eigenvalue weighted by Gasteiger charge is 2.12. The number of nitro benzene ring substituents is 1.